The van der Waals surface area contributed by atoms with E-state index in [0.717, 1.165) is 5.56 Å². The summed E-state index contributed by atoms with van der Waals surface area (Å²) in [5, 5.41) is 18.7. The third-order valence-corrected chi connectivity index (χ3v) is 3.70. The van der Waals surface area contributed by atoms with Gasteiger partial charge in [-0.1, -0.05) is 37.3 Å². The van der Waals surface area contributed by atoms with E-state index >= 15 is 0 Å². The lowest BCUT2D eigenvalue weighted by atomic mass is 9.95. The molecular formula is C16H22O5. The molecule has 1 fully saturated rings. The summed E-state index contributed by atoms with van der Waals surface area (Å²) < 4.78 is 11.4. The Labute approximate surface area is 124 Å². The van der Waals surface area contributed by atoms with Gasteiger partial charge in [0.1, 0.15) is 6.10 Å². The Morgan fingerprint density at radius 1 is 1.38 bits per heavy atom. The Kier molecular flexibility index (Phi) is 5.73. The van der Waals surface area contributed by atoms with E-state index in [0.29, 0.717) is 12.8 Å². The van der Waals surface area contributed by atoms with Crippen LogP contribution in [-0.2, 0) is 14.3 Å². The standard InChI is InChI=1S/C16H22O5/c1-11(7-8-15(18)19)9-14-13(17)10-20-16(21-14)12-5-3-2-4-6-12/h2-6,11,13-14,16-17H,7-10H2,1H3,(H,18,19)/t11-,13+,14-,16+/m0/s1. The maximum absolute atomic E-state index is 10.6. The van der Waals surface area contributed by atoms with Crippen LogP contribution in [0.15, 0.2) is 30.3 Å². The van der Waals surface area contributed by atoms with Crippen LogP contribution in [-0.4, -0.2) is 35.0 Å². The van der Waals surface area contributed by atoms with Crippen molar-refractivity contribution in [2.75, 3.05) is 6.61 Å². The SMILES string of the molecule is C[C@@H](CCC(=O)O)C[C@@H]1O[C@H](c2ccccc2)OC[C@H]1O. The van der Waals surface area contributed by atoms with E-state index in [-0.39, 0.29) is 25.0 Å². The van der Waals surface area contributed by atoms with E-state index in [9.17, 15) is 9.90 Å². The minimum Gasteiger partial charge on any atom is -0.481 e. The van der Waals surface area contributed by atoms with E-state index in [1.54, 1.807) is 0 Å². The van der Waals surface area contributed by atoms with E-state index < -0.39 is 18.4 Å². The average molecular weight is 294 g/mol. The zero-order valence-corrected chi connectivity index (χ0v) is 12.1. The van der Waals surface area contributed by atoms with Crippen molar-refractivity contribution in [3.63, 3.8) is 0 Å². The molecule has 4 atom stereocenters. The number of aliphatic hydroxyl groups excluding tert-OH is 1. The van der Waals surface area contributed by atoms with Crippen molar-refractivity contribution in [3.05, 3.63) is 35.9 Å². The first-order valence-electron chi connectivity index (χ1n) is 7.28. The van der Waals surface area contributed by atoms with Crippen LogP contribution in [0.1, 0.15) is 38.0 Å². The maximum Gasteiger partial charge on any atom is 0.303 e. The van der Waals surface area contributed by atoms with Crippen molar-refractivity contribution in [2.24, 2.45) is 5.92 Å². The highest BCUT2D eigenvalue weighted by molar-refractivity contribution is 5.66. The van der Waals surface area contributed by atoms with Crippen molar-refractivity contribution in [1.29, 1.82) is 0 Å². The molecule has 0 unspecified atom stereocenters. The van der Waals surface area contributed by atoms with Gasteiger partial charge < -0.3 is 19.7 Å². The number of ether oxygens (including phenoxy) is 2. The summed E-state index contributed by atoms with van der Waals surface area (Å²) in [7, 11) is 0. The summed E-state index contributed by atoms with van der Waals surface area (Å²) in [6.45, 7) is 2.21. The fourth-order valence-electron chi connectivity index (χ4n) is 2.46. The molecule has 1 aliphatic rings. The van der Waals surface area contributed by atoms with Crippen LogP contribution in [0.25, 0.3) is 0 Å². The molecule has 1 heterocycles. The lowest BCUT2D eigenvalue weighted by molar-refractivity contribution is -0.259. The van der Waals surface area contributed by atoms with Crippen LogP contribution in [0.5, 0.6) is 0 Å². The number of aliphatic hydroxyl groups is 1. The molecule has 0 radical (unpaired) electrons. The molecule has 116 valence electrons. The van der Waals surface area contributed by atoms with Crippen LogP contribution < -0.4 is 0 Å². The minimum atomic E-state index is -0.794. The van der Waals surface area contributed by atoms with Gasteiger partial charge in [-0.15, -0.1) is 0 Å². The molecule has 1 aliphatic heterocycles. The molecule has 1 saturated heterocycles. The van der Waals surface area contributed by atoms with Crippen LogP contribution >= 0.6 is 0 Å². The van der Waals surface area contributed by atoms with E-state index in [2.05, 4.69) is 0 Å². The number of carboxylic acids is 1. The Bertz CT molecular complexity index is 447. The van der Waals surface area contributed by atoms with Crippen molar-refractivity contribution >= 4 is 5.97 Å². The molecule has 1 aromatic rings. The number of benzene rings is 1. The highest BCUT2D eigenvalue weighted by atomic mass is 16.7. The molecule has 2 rings (SSSR count). The number of hydrogen-bond donors (Lipinski definition) is 2. The molecule has 0 amide bonds. The van der Waals surface area contributed by atoms with Crippen LogP contribution in [0.3, 0.4) is 0 Å². The summed E-state index contributed by atoms with van der Waals surface area (Å²) in [5.74, 6) is -0.618. The smallest absolute Gasteiger partial charge is 0.303 e. The molecule has 0 spiro atoms. The molecule has 0 saturated carbocycles. The van der Waals surface area contributed by atoms with Crippen molar-refractivity contribution in [1.82, 2.24) is 0 Å². The second-order valence-corrected chi connectivity index (χ2v) is 5.59. The predicted octanol–water partition coefficient (Wildman–Crippen LogP) is 2.35. The Morgan fingerprint density at radius 3 is 2.76 bits per heavy atom. The fraction of sp³-hybridized carbons (Fsp3) is 0.562. The maximum atomic E-state index is 10.6. The zero-order valence-electron chi connectivity index (χ0n) is 12.1. The molecule has 0 bridgehead atoms. The molecular weight excluding hydrogens is 272 g/mol. The van der Waals surface area contributed by atoms with Crippen molar-refractivity contribution in [2.45, 2.75) is 44.7 Å². The second-order valence-electron chi connectivity index (χ2n) is 5.59. The second kappa shape index (κ2) is 7.54. The Balaban J connectivity index is 1.90. The lowest BCUT2D eigenvalue weighted by Crippen LogP contribution is -2.41. The summed E-state index contributed by atoms with van der Waals surface area (Å²) in [5.41, 5.74) is 0.924. The van der Waals surface area contributed by atoms with Gasteiger partial charge in [0.2, 0.25) is 0 Å². The van der Waals surface area contributed by atoms with Gasteiger partial charge in [-0.3, -0.25) is 4.79 Å². The summed E-state index contributed by atoms with van der Waals surface area (Å²) >= 11 is 0. The fourth-order valence-corrected chi connectivity index (χ4v) is 2.46. The van der Waals surface area contributed by atoms with Gasteiger partial charge in [0.25, 0.3) is 0 Å². The quantitative estimate of drug-likeness (QED) is 0.842. The number of aliphatic carboxylic acids is 1. The lowest BCUT2D eigenvalue weighted by Gasteiger charge is -2.35. The van der Waals surface area contributed by atoms with Crippen molar-refractivity contribution in [3.8, 4) is 0 Å². The third kappa shape index (κ3) is 4.81. The Morgan fingerprint density at radius 2 is 2.10 bits per heavy atom. The van der Waals surface area contributed by atoms with Crippen molar-refractivity contribution < 1.29 is 24.5 Å². The molecule has 2 N–H and O–H groups in total. The summed E-state index contributed by atoms with van der Waals surface area (Å²) in [6.07, 6.45) is -0.112. The first-order valence-corrected chi connectivity index (χ1v) is 7.28. The van der Waals surface area contributed by atoms with Gasteiger partial charge in [-0.25, -0.2) is 0 Å². The van der Waals surface area contributed by atoms with Gasteiger partial charge in [0, 0.05) is 12.0 Å². The van der Waals surface area contributed by atoms with Gasteiger partial charge in [0.05, 0.1) is 12.7 Å². The molecule has 0 aromatic heterocycles. The first kappa shape index (κ1) is 15.9. The number of carbonyl (C=O) groups is 1. The third-order valence-electron chi connectivity index (χ3n) is 3.70. The highest BCUT2D eigenvalue weighted by Gasteiger charge is 2.32. The molecule has 5 nitrogen and oxygen atoms in total. The van der Waals surface area contributed by atoms with Crippen LogP contribution in [0.4, 0.5) is 0 Å². The molecule has 1 aromatic carbocycles. The van der Waals surface area contributed by atoms with E-state index in [1.807, 2.05) is 37.3 Å². The number of rotatable bonds is 6. The van der Waals surface area contributed by atoms with Gasteiger partial charge in [0.15, 0.2) is 6.29 Å². The van der Waals surface area contributed by atoms with Crippen LogP contribution in [0.2, 0.25) is 0 Å². The molecule has 5 heteroatoms. The van der Waals surface area contributed by atoms with E-state index in [4.69, 9.17) is 14.6 Å². The van der Waals surface area contributed by atoms with Gasteiger partial charge in [-0.2, -0.15) is 0 Å². The van der Waals surface area contributed by atoms with E-state index in [1.165, 1.54) is 0 Å². The predicted molar refractivity (Wildman–Crippen MR) is 76.7 cm³/mol. The Hall–Kier alpha value is -1.43. The zero-order chi connectivity index (χ0) is 15.2. The number of carboxylic acid groups (broad SMARTS) is 1. The molecule has 0 aliphatic carbocycles. The van der Waals surface area contributed by atoms with Gasteiger partial charge in [-0.05, 0) is 18.8 Å². The monoisotopic (exact) mass is 294 g/mol. The largest absolute Gasteiger partial charge is 0.481 e. The van der Waals surface area contributed by atoms with Crippen LogP contribution in [0, 0.1) is 5.92 Å². The average Bonchev–Trinajstić information content (AvgIpc) is 2.48. The molecule has 21 heavy (non-hydrogen) atoms. The minimum absolute atomic E-state index is 0.141. The summed E-state index contributed by atoms with van der Waals surface area (Å²) in [6, 6.07) is 9.60. The first-order chi connectivity index (χ1) is 10.1. The topological polar surface area (TPSA) is 76.0 Å². The highest BCUT2D eigenvalue weighted by Crippen LogP contribution is 2.30. The summed E-state index contributed by atoms with van der Waals surface area (Å²) in [4.78, 5) is 10.6. The number of hydrogen-bond acceptors (Lipinski definition) is 4. The normalized spacial score (nSPS) is 27.2. The van der Waals surface area contributed by atoms with Gasteiger partial charge >= 0.3 is 5.97 Å².